The van der Waals surface area contributed by atoms with Gasteiger partial charge in [-0.2, -0.15) is 5.10 Å². The van der Waals surface area contributed by atoms with E-state index in [-0.39, 0.29) is 10.6 Å². The lowest BCUT2D eigenvalue weighted by atomic mass is 9.94. The summed E-state index contributed by atoms with van der Waals surface area (Å²) in [7, 11) is -1.86. The third kappa shape index (κ3) is 5.26. The molecule has 6 nitrogen and oxygen atoms in total. The highest BCUT2D eigenvalue weighted by Crippen LogP contribution is 2.25. The van der Waals surface area contributed by atoms with Gasteiger partial charge >= 0.3 is 0 Å². The zero-order valence-corrected chi connectivity index (χ0v) is 19.1. The normalized spacial score (nSPS) is 15.4. The van der Waals surface area contributed by atoms with E-state index in [1.807, 2.05) is 36.4 Å². The van der Waals surface area contributed by atoms with E-state index in [1.54, 1.807) is 4.68 Å². The van der Waals surface area contributed by atoms with Crippen molar-refractivity contribution in [2.45, 2.75) is 56.0 Å². The van der Waals surface area contributed by atoms with Crippen LogP contribution < -0.4 is 5.14 Å². The molecular formula is C24H29FN4O2S. The molecule has 0 unspecified atom stereocenters. The van der Waals surface area contributed by atoms with E-state index in [0.717, 1.165) is 23.0 Å². The second-order valence-corrected chi connectivity index (χ2v) is 10.1. The predicted molar refractivity (Wildman–Crippen MR) is 122 cm³/mol. The molecule has 32 heavy (non-hydrogen) atoms. The molecule has 2 N–H and O–H groups in total. The third-order valence-corrected chi connectivity index (χ3v) is 7.06. The number of benzene rings is 2. The highest BCUT2D eigenvalue weighted by atomic mass is 32.2. The van der Waals surface area contributed by atoms with E-state index >= 15 is 0 Å². The maximum Gasteiger partial charge on any atom is 0.238 e. The monoisotopic (exact) mass is 456 g/mol. The van der Waals surface area contributed by atoms with E-state index in [1.165, 1.54) is 44.2 Å². The highest BCUT2D eigenvalue weighted by molar-refractivity contribution is 7.89. The van der Waals surface area contributed by atoms with Crippen molar-refractivity contribution >= 4 is 10.0 Å². The summed E-state index contributed by atoms with van der Waals surface area (Å²) in [6, 6.07) is 16.2. The molecule has 0 atom stereocenters. The van der Waals surface area contributed by atoms with Crippen LogP contribution in [0, 0.1) is 5.82 Å². The van der Waals surface area contributed by atoms with E-state index in [9.17, 15) is 12.8 Å². The first-order valence-electron chi connectivity index (χ1n) is 11.0. The van der Waals surface area contributed by atoms with Gasteiger partial charge in [-0.3, -0.25) is 4.90 Å². The summed E-state index contributed by atoms with van der Waals surface area (Å²) < 4.78 is 39.7. The number of halogens is 1. The first-order valence-corrected chi connectivity index (χ1v) is 12.5. The molecule has 1 aliphatic carbocycles. The topological polar surface area (TPSA) is 81.2 Å². The van der Waals surface area contributed by atoms with Crippen molar-refractivity contribution in [1.29, 1.82) is 0 Å². The van der Waals surface area contributed by atoms with Gasteiger partial charge in [0.1, 0.15) is 11.5 Å². The Kier molecular flexibility index (Phi) is 6.74. The Labute approximate surface area is 188 Å². The number of sulfonamides is 1. The van der Waals surface area contributed by atoms with Gasteiger partial charge < -0.3 is 0 Å². The average molecular weight is 457 g/mol. The molecule has 1 heterocycles. The molecule has 170 valence electrons. The van der Waals surface area contributed by atoms with Gasteiger partial charge in [0, 0.05) is 24.7 Å². The van der Waals surface area contributed by atoms with E-state index in [0.29, 0.717) is 19.0 Å². The molecule has 0 aliphatic heterocycles. The zero-order chi connectivity index (χ0) is 22.7. The van der Waals surface area contributed by atoms with Crippen LogP contribution in [0.3, 0.4) is 0 Å². The Morgan fingerprint density at radius 3 is 2.47 bits per heavy atom. The van der Waals surface area contributed by atoms with Gasteiger partial charge in [0.05, 0.1) is 10.6 Å². The van der Waals surface area contributed by atoms with Crippen molar-refractivity contribution in [3.05, 3.63) is 77.4 Å². The molecule has 0 saturated heterocycles. The molecule has 0 radical (unpaired) electrons. The van der Waals surface area contributed by atoms with Crippen molar-refractivity contribution in [2.75, 3.05) is 7.05 Å². The molecule has 4 rings (SSSR count). The fraction of sp³-hybridized carbons (Fsp3) is 0.375. The SMILES string of the molecule is CN(Cc1cc(Cc2ccccc2)n(-c2ccc(S(N)(=O)=O)cc2F)n1)C1CCCCC1. The van der Waals surface area contributed by atoms with E-state index in [4.69, 9.17) is 10.2 Å². The van der Waals surface area contributed by atoms with Crippen molar-refractivity contribution < 1.29 is 12.8 Å². The first-order chi connectivity index (χ1) is 15.3. The first kappa shape index (κ1) is 22.6. The van der Waals surface area contributed by atoms with Crippen LogP contribution in [0.4, 0.5) is 4.39 Å². The number of primary sulfonamides is 1. The number of nitrogens with two attached hydrogens (primary N) is 1. The van der Waals surface area contributed by atoms with Crippen LogP contribution in [0.5, 0.6) is 0 Å². The van der Waals surface area contributed by atoms with Gasteiger partial charge in [-0.15, -0.1) is 0 Å². The minimum Gasteiger partial charge on any atom is -0.298 e. The van der Waals surface area contributed by atoms with Crippen LogP contribution in [-0.4, -0.2) is 36.2 Å². The van der Waals surface area contributed by atoms with Crippen LogP contribution in [0.25, 0.3) is 5.69 Å². The Morgan fingerprint density at radius 2 is 1.81 bits per heavy atom. The van der Waals surface area contributed by atoms with Crippen LogP contribution in [0.1, 0.15) is 49.1 Å². The van der Waals surface area contributed by atoms with Crippen molar-refractivity contribution in [2.24, 2.45) is 5.14 Å². The van der Waals surface area contributed by atoms with Crippen molar-refractivity contribution in [3.63, 3.8) is 0 Å². The largest absolute Gasteiger partial charge is 0.298 e. The molecular weight excluding hydrogens is 427 g/mol. The molecule has 1 fully saturated rings. The lowest BCUT2D eigenvalue weighted by Crippen LogP contribution is -2.33. The number of rotatable bonds is 7. The molecule has 3 aromatic rings. The molecule has 1 aromatic heterocycles. The van der Waals surface area contributed by atoms with E-state index in [2.05, 4.69) is 11.9 Å². The fourth-order valence-corrected chi connectivity index (χ4v) is 4.96. The summed E-state index contributed by atoms with van der Waals surface area (Å²) in [4.78, 5) is 2.08. The van der Waals surface area contributed by atoms with Crippen LogP contribution in [0.2, 0.25) is 0 Å². The zero-order valence-electron chi connectivity index (χ0n) is 18.2. The molecule has 0 amide bonds. The Hall–Kier alpha value is -2.55. The third-order valence-electron chi connectivity index (χ3n) is 6.15. The number of hydrogen-bond acceptors (Lipinski definition) is 4. The van der Waals surface area contributed by atoms with Crippen molar-refractivity contribution in [1.82, 2.24) is 14.7 Å². The second-order valence-electron chi connectivity index (χ2n) is 8.57. The van der Waals surface area contributed by atoms with E-state index < -0.39 is 15.8 Å². The summed E-state index contributed by atoms with van der Waals surface area (Å²) in [5.41, 5.74) is 2.99. The molecule has 2 aromatic carbocycles. The van der Waals surface area contributed by atoms with Crippen LogP contribution >= 0.6 is 0 Å². The maximum atomic E-state index is 15.0. The highest BCUT2D eigenvalue weighted by Gasteiger charge is 2.21. The second kappa shape index (κ2) is 9.52. The number of aromatic nitrogens is 2. The fourth-order valence-electron chi connectivity index (χ4n) is 4.43. The summed E-state index contributed by atoms with van der Waals surface area (Å²) >= 11 is 0. The predicted octanol–water partition coefficient (Wildman–Crippen LogP) is 4.01. The lowest BCUT2D eigenvalue weighted by Gasteiger charge is -2.30. The average Bonchev–Trinajstić information content (AvgIpc) is 3.16. The quantitative estimate of drug-likeness (QED) is 0.582. The Morgan fingerprint density at radius 1 is 1.09 bits per heavy atom. The molecule has 8 heteroatoms. The standard InChI is InChI=1S/C24H29FN4O2S/c1-28(20-10-6-3-7-11-20)17-19-15-21(14-18-8-4-2-5-9-18)29(27-19)24-13-12-22(16-23(24)25)32(26,30)31/h2,4-5,8-9,12-13,15-16,20H,3,6-7,10-11,14,17H2,1H3,(H2,26,30,31). The summed E-state index contributed by atoms with van der Waals surface area (Å²) in [5.74, 6) is -0.680. The maximum absolute atomic E-state index is 15.0. The van der Waals surface area contributed by atoms with Gasteiger partial charge in [0.25, 0.3) is 0 Å². The molecule has 1 aliphatic rings. The van der Waals surface area contributed by atoms with Gasteiger partial charge in [-0.1, -0.05) is 49.6 Å². The minimum atomic E-state index is -3.98. The molecule has 1 saturated carbocycles. The molecule has 0 bridgehead atoms. The van der Waals surface area contributed by atoms with Crippen molar-refractivity contribution in [3.8, 4) is 5.69 Å². The summed E-state index contributed by atoms with van der Waals surface area (Å²) in [6.45, 7) is 0.677. The van der Waals surface area contributed by atoms with Gasteiger partial charge in [0.2, 0.25) is 10.0 Å². The molecule has 0 spiro atoms. The van der Waals surface area contributed by atoms with Crippen LogP contribution in [-0.2, 0) is 23.0 Å². The summed E-state index contributed by atoms with van der Waals surface area (Å²) in [5, 5.41) is 9.87. The summed E-state index contributed by atoms with van der Waals surface area (Å²) in [6.07, 6.45) is 6.77. The van der Waals surface area contributed by atoms with Gasteiger partial charge in [-0.05, 0) is 49.7 Å². The minimum absolute atomic E-state index is 0.204. The Bertz CT molecular complexity index is 1170. The number of nitrogens with zero attached hydrogens (tertiary/aromatic N) is 3. The lowest BCUT2D eigenvalue weighted by molar-refractivity contribution is 0.182. The Balaban J connectivity index is 1.68. The van der Waals surface area contributed by atoms with Gasteiger partial charge in [0.15, 0.2) is 0 Å². The van der Waals surface area contributed by atoms with Crippen LogP contribution in [0.15, 0.2) is 59.5 Å². The van der Waals surface area contributed by atoms with Gasteiger partial charge in [-0.25, -0.2) is 22.6 Å². The smallest absolute Gasteiger partial charge is 0.238 e. The number of hydrogen-bond donors (Lipinski definition) is 1.